The standard InChI is InChI=1S/C25H27N3O3/c1-17(18-8-6-5-7-9-18)26-25(30)22-16-20(12-15-23(22)28(2)3)27-24(29)19-10-13-21(31-4)14-11-19/h5-17H,1-4H3,(H,26,30)(H,27,29)/t17-/m1/s1. The van der Waals surface area contributed by atoms with Crippen LogP contribution in [0.5, 0.6) is 5.75 Å². The van der Waals surface area contributed by atoms with Gasteiger partial charge in [0.05, 0.1) is 18.7 Å². The van der Waals surface area contributed by atoms with Crippen LogP contribution < -0.4 is 20.3 Å². The van der Waals surface area contributed by atoms with Crippen molar-refractivity contribution in [3.05, 3.63) is 89.5 Å². The Morgan fingerprint density at radius 2 is 1.58 bits per heavy atom. The molecule has 31 heavy (non-hydrogen) atoms. The molecular formula is C25H27N3O3. The van der Waals surface area contributed by atoms with E-state index in [1.54, 1.807) is 43.5 Å². The molecule has 3 aromatic carbocycles. The number of nitrogens with one attached hydrogen (secondary N) is 2. The van der Waals surface area contributed by atoms with E-state index < -0.39 is 0 Å². The molecule has 0 heterocycles. The average Bonchev–Trinajstić information content (AvgIpc) is 2.79. The molecule has 6 nitrogen and oxygen atoms in total. The molecule has 0 saturated heterocycles. The predicted octanol–water partition coefficient (Wildman–Crippen LogP) is 4.50. The minimum atomic E-state index is -0.260. The summed E-state index contributed by atoms with van der Waals surface area (Å²) in [6.45, 7) is 1.94. The number of carbonyl (C=O) groups excluding carboxylic acids is 2. The van der Waals surface area contributed by atoms with Gasteiger partial charge in [-0.3, -0.25) is 9.59 Å². The molecule has 0 aromatic heterocycles. The average molecular weight is 418 g/mol. The van der Waals surface area contributed by atoms with E-state index in [0.717, 1.165) is 11.3 Å². The van der Waals surface area contributed by atoms with Gasteiger partial charge in [0.2, 0.25) is 0 Å². The molecule has 160 valence electrons. The molecule has 0 saturated carbocycles. The van der Waals surface area contributed by atoms with Gasteiger partial charge in [-0.05, 0) is 55.0 Å². The number of methoxy groups -OCH3 is 1. The highest BCUT2D eigenvalue weighted by Gasteiger charge is 2.18. The van der Waals surface area contributed by atoms with Crippen molar-refractivity contribution in [2.75, 3.05) is 31.4 Å². The monoisotopic (exact) mass is 417 g/mol. The molecule has 3 rings (SSSR count). The molecule has 2 N–H and O–H groups in total. The van der Waals surface area contributed by atoms with E-state index in [9.17, 15) is 9.59 Å². The van der Waals surface area contributed by atoms with Crippen LogP contribution in [0.25, 0.3) is 0 Å². The number of hydrogen-bond acceptors (Lipinski definition) is 4. The van der Waals surface area contributed by atoms with E-state index in [1.165, 1.54) is 0 Å². The number of benzene rings is 3. The van der Waals surface area contributed by atoms with Gasteiger partial charge >= 0.3 is 0 Å². The van der Waals surface area contributed by atoms with Gasteiger partial charge in [-0.2, -0.15) is 0 Å². The van der Waals surface area contributed by atoms with Crippen LogP contribution in [0.4, 0.5) is 11.4 Å². The molecular weight excluding hydrogens is 390 g/mol. The fourth-order valence-electron chi connectivity index (χ4n) is 3.23. The molecule has 0 radical (unpaired) electrons. The number of nitrogens with zero attached hydrogens (tertiary/aromatic N) is 1. The summed E-state index contributed by atoms with van der Waals surface area (Å²) in [5.41, 5.74) is 3.32. The molecule has 0 aliphatic rings. The Balaban J connectivity index is 1.81. The largest absolute Gasteiger partial charge is 0.497 e. The van der Waals surface area contributed by atoms with Gasteiger partial charge in [0.15, 0.2) is 0 Å². The summed E-state index contributed by atoms with van der Waals surface area (Å²) in [6, 6.07) is 21.8. The van der Waals surface area contributed by atoms with Gasteiger partial charge < -0.3 is 20.3 Å². The maximum absolute atomic E-state index is 13.1. The van der Waals surface area contributed by atoms with E-state index in [4.69, 9.17) is 4.74 Å². The highest BCUT2D eigenvalue weighted by molar-refractivity contribution is 6.06. The van der Waals surface area contributed by atoms with E-state index in [1.807, 2.05) is 62.3 Å². The van der Waals surface area contributed by atoms with Crippen LogP contribution in [0.3, 0.4) is 0 Å². The van der Waals surface area contributed by atoms with Crippen molar-refractivity contribution in [3.63, 3.8) is 0 Å². The minimum Gasteiger partial charge on any atom is -0.497 e. The fraction of sp³-hybridized carbons (Fsp3) is 0.200. The van der Waals surface area contributed by atoms with Gasteiger partial charge in [-0.15, -0.1) is 0 Å². The zero-order valence-electron chi connectivity index (χ0n) is 18.2. The van der Waals surface area contributed by atoms with Crippen molar-refractivity contribution in [2.45, 2.75) is 13.0 Å². The molecule has 0 spiro atoms. The summed E-state index contributed by atoms with van der Waals surface area (Å²) in [6.07, 6.45) is 0. The zero-order chi connectivity index (χ0) is 22.4. The first-order valence-electron chi connectivity index (χ1n) is 10.0. The molecule has 0 bridgehead atoms. The van der Waals surface area contributed by atoms with E-state index in [0.29, 0.717) is 22.6 Å². The van der Waals surface area contributed by atoms with Crippen molar-refractivity contribution in [1.82, 2.24) is 5.32 Å². The maximum atomic E-state index is 13.1. The second-order valence-electron chi connectivity index (χ2n) is 7.41. The van der Waals surface area contributed by atoms with Crippen LogP contribution in [0, 0.1) is 0 Å². The molecule has 0 aliphatic heterocycles. The number of hydrogen-bond donors (Lipinski definition) is 2. The molecule has 2 amide bonds. The SMILES string of the molecule is COc1ccc(C(=O)Nc2ccc(N(C)C)c(C(=O)N[C@H](C)c3ccccc3)c2)cc1. The van der Waals surface area contributed by atoms with E-state index >= 15 is 0 Å². The topological polar surface area (TPSA) is 70.7 Å². The first-order valence-corrected chi connectivity index (χ1v) is 10.0. The second kappa shape index (κ2) is 9.80. The highest BCUT2D eigenvalue weighted by atomic mass is 16.5. The summed E-state index contributed by atoms with van der Waals surface area (Å²) >= 11 is 0. The van der Waals surface area contributed by atoms with Crippen LogP contribution >= 0.6 is 0 Å². The number of ether oxygens (including phenoxy) is 1. The Labute approximate surface area is 182 Å². The molecule has 1 atom stereocenters. The van der Waals surface area contributed by atoms with Crippen LogP contribution in [0.2, 0.25) is 0 Å². The van der Waals surface area contributed by atoms with Gasteiger partial charge in [0, 0.05) is 31.0 Å². The summed E-state index contributed by atoms with van der Waals surface area (Å²) in [5, 5.41) is 5.90. The maximum Gasteiger partial charge on any atom is 0.255 e. The van der Waals surface area contributed by atoms with Crippen LogP contribution in [0.15, 0.2) is 72.8 Å². The number of rotatable bonds is 7. The summed E-state index contributed by atoms with van der Waals surface area (Å²) in [4.78, 5) is 27.6. The summed E-state index contributed by atoms with van der Waals surface area (Å²) < 4.78 is 5.13. The second-order valence-corrected chi connectivity index (χ2v) is 7.41. The van der Waals surface area contributed by atoms with Crippen molar-refractivity contribution in [1.29, 1.82) is 0 Å². The highest BCUT2D eigenvalue weighted by Crippen LogP contribution is 2.25. The lowest BCUT2D eigenvalue weighted by Gasteiger charge is -2.20. The number of carbonyl (C=O) groups is 2. The third-order valence-electron chi connectivity index (χ3n) is 4.98. The first kappa shape index (κ1) is 21.9. The van der Waals surface area contributed by atoms with Gasteiger partial charge in [-0.25, -0.2) is 0 Å². The van der Waals surface area contributed by atoms with Crippen molar-refractivity contribution in [3.8, 4) is 5.75 Å². The lowest BCUT2D eigenvalue weighted by atomic mass is 10.1. The predicted molar refractivity (Wildman–Crippen MR) is 124 cm³/mol. The zero-order valence-corrected chi connectivity index (χ0v) is 18.2. The van der Waals surface area contributed by atoms with Crippen LogP contribution in [-0.4, -0.2) is 33.0 Å². The molecule has 6 heteroatoms. The van der Waals surface area contributed by atoms with Crippen molar-refractivity contribution >= 4 is 23.2 Å². The van der Waals surface area contributed by atoms with Crippen LogP contribution in [-0.2, 0) is 0 Å². The minimum absolute atomic E-state index is 0.152. The lowest BCUT2D eigenvalue weighted by molar-refractivity contribution is 0.0939. The summed E-state index contributed by atoms with van der Waals surface area (Å²) in [7, 11) is 5.33. The molecule has 0 unspecified atom stereocenters. The quantitative estimate of drug-likeness (QED) is 0.594. The fourth-order valence-corrected chi connectivity index (χ4v) is 3.23. The van der Waals surface area contributed by atoms with Gasteiger partial charge in [0.1, 0.15) is 5.75 Å². The first-order chi connectivity index (χ1) is 14.9. The Morgan fingerprint density at radius 3 is 2.19 bits per heavy atom. The Bertz CT molecular complexity index is 1050. The molecule has 3 aromatic rings. The third-order valence-corrected chi connectivity index (χ3v) is 4.98. The Morgan fingerprint density at radius 1 is 0.903 bits per heavy atom. The molecule has 0 fully saturated rings. The smallest absolute Gasteiger partial charge is 0.255 e. The van der Waals surface area contributed by atoms with Gasteiger partial charge in [0.25, 0.3) is 11.8 Å². The molecule has 0 aliphatic carbocycles. The van der Waals surface area contributed by atoms with E-state index in [2.05, 4.69) is 10.6 Å². The normalized spacial score (nSPS) is 11.4. The van der Waals surface area contributed by atoms with Crippen LogP contribution in [0.1, 0.15) is 39.2 Å². The van der Waals surface area contributed by atoms with Gasteiger partial charge in [-0.1, -0.05) is 30.3 Å². The third kappa shape index (κ3) is 5.42. The van der Waals surface area contributed by atoms with E-state index in [-0.39, 0.29) is 17.9 Å². The van der Waals surface area contributed by atoms with Crippen molar-refractivity contribution in [2.24, 2.45) is 0 Å². The number of amides is 2. The van der Waals surface area contributed by atoms with Crippen molar-refractivity contribution < 1.29 is 14.3 Å². The Hall–Kier alpha value is -3.80. The number of anilines is 2. The summed E-state index contributed by atoms with van der Waals surface area (Å²) in [5.74, 6) is 0.211. The lowest BCUT2D eigenvalue weighted by Crippen LogP contribution is -2.28. The Kier molecular flexibility index (Phi) is 6.92.